The quantitative estimate of drug-likeness (QED) is 0.605. The smallest absolute Gasteiger partial charge is 0.253 e. The molecule has 21 heavy (non-hydrogen) atoms. The Kier molecular flexibility index (Phi) is 3.66. The van der Waals surface area contributed by atoms with Gasteiger partial charge in [-0.1, -0.05) is 48.0 Å². The van der Waals surface area contributed by atoms with Gasteiger partial charge in [0.25, 0.3) is 5.24 Å². The topological polar surface area (TPSA) is 30.0 Å². The van der Waals surface area contributed by atoms with Gasteiger partial charge in [0.1, 0.15) is 0 Å². The zero-order chi connectivity index (χ0) is 15.0. The molecule has 4 heteroatoms. The van der Waals surface area contributed by atoms with Crippen LogP contribution in [0.1, 0.15) is 15.9 Å². The Bertz CT molecular complexity index is 859. The van der Waals surface area contributed by atoms with Gasteiger partial charge in [0.15, 0.2) is 0 Å². The molecule has 0 amide bonds. The second-order valence-corrected chi connectivity index (χ2v) is 5.53. The fraction of sp³-hybridized carbons (Fsp3) is 0.0588. The van der Waals surface area contributed by atoms with Crippen molar-refractivity contribution in [2.24, 2.45) is 0 Å². The van der Waals surface area contributed by atoms with Crippen LogP contribution < -0.4 is 0 Å². The monoisotopic (exact) mass is 315 g/mol. The zero-order valence-electron chi connectivity index (χ0n) is 11.2. The van der Waals surface area contributed by atoms with E-state index >= 15 is 0 Å². The van der Waals surface area contributed by atoms with Gasteiger partial charge in [0, 0.05) is 16.5 Å². The molecule has 2 nitrogen and oxygen atoms in total. The Labute approximate surface area is 132 Å². The molecule has 0 atom stereocenters. The largest absolute Gasteiger partial charge is 0.276 e. The Balaban J connectivity index is 2.38. The summed E-state index contributed by atoms with van der Waals surface area (Å²) in [5.74, 6) is 0. The summed E-state index contributed by atoms with van der Waals surface area (Å²) in [7, 11) is 0. The fourth-order valence-electron chi connectivity index (χ4n) is 2.37. The van der Waals surface area contributed by atoms with Crippen LogP contribution in [0.5, 0.6) is 0 Å². The third kappa shape index (κ3) is 2.53. The molecule has 3 rings (SSSR count). The first-order valence-corrected chi connectivity index (χ1v) is 7.18. The van der Waals surface area contributed by atoms with E-state index in [2.05, 4.69) is 4.98 Å². The van der Waals surface area contributed by atoms with Crippen molar-refractivity contribution in [1.82, 2.24) is 4.98 Å². The van der Waals surface area contributed by atoms with Crippen LogP contribution in [0.15, 0.2) is 48.5 Å². The van der Waals surface area contributed by atoms with Gasteiger partial charge in [0.05, 0.1) is 16.2 Å². The van der Waals surface area contributed by atoms with Crippen molar-refractivity contribution < 1.29 is 4.79 Å². The van der Waals surface area contributed by atoms with Crippen molar-refractivity contribution in [3.05, 3.63) is 64.7 Å². The second-order valence-electron chi connectivity index (χ2n) is 4.78. The van der Waals surface area contributed by atoms with Crippen molar-refractivity contribution in [2.45, 2.75) is 6.92 Å². The SMILES string of the molecule is Cc1ccccc1-c1cc(C(=O)Cl)c2cccc(Cl)c2n1. The summed E-state index contributed by atoms with van der Waals surface area (Å²) in [6, 6.07) is 14.9. The Morgan fingerprint density at radius 1 is 1.10 bits per heavy atom. The average Bonchev–Trinajstić information content (AvgIpc) is 2.47. The van der Waals surface area contributed by atoms with Gasteiger partial charge in [-0.3, -0.25) is 4.79 Å². The first-order valence-electron chi connectivity index (χ1n) is 6.43. The molecule has 1 heterocycles. The second kappa shape index (κ2) is 5.47. The summed E-state index contributed by atoms with van der Waals surface area (Å²) >= 11 is 11.9. The maximum absolute atomic E-state index is 11.7. The summed E-state index contributed by atoms with van der Waals surface area (Å²) in [6.45, 7) is 2.00. The van der Waals surface area contributed by atoms with Gasteiger partial charge in [-0.15, -0.1) is 0 Å². The number of carbonyl (C=O) groups excluding carboxylic acids is 1. The van der Waals surface area contributed by atoms with Crippen LogP contribution in [0, 0.1) is 6.92 Å². The van der Waals surface area contributed by atoms with Crippen molar-refractivity contribution in [3.8, 4) is 11.3 Å². The number of aromatic nitrogens is 1. The lowest BCUT2D eigenvalue weighted by molar-refractivity contribution is 0.108. The third-order valence-corrected chi connectivity index (χ3v) is 3.93. The highest BCUT2D eigenvalue weighted by atomic mass is 35.5. The molecular weight excluding hydrogens is 305 g/mol. The van der Waals surface area contributed by atoms with Gasteiger partial charge < -0.3 is 0 Å². The molecule has 0 N–H and O–H groups in total. The lowest BCUT2D eigenvalue weighted by Gasteiger charge is -2.10. The zero-order valence-corrected chi connectivity index (χ0v) is 12.7. The van der Waals surface area contributed by atoms with Crippen LogP contribution >= 0.6 is 23.2 Å². The van der Waals surface area contributed by atoms with E-state index in [0.29, 0.717) is 27.2 Å². The summed E-state index contributed by atoms with van der Waals surface area (Å²) in [4.78, 5) is 16.3. The minimum absolute atomic E-state index is 0.419. The fourth-order valence-corrected chi connectivity index (χ4v) is 2.75. The number of benzene rings is 2. The minimum atomic E-state index is -0.514. The van der Waals surface area contributed by atoms with E-state index in [0.717, 1.165) is 11.1 Å². The molecule has 104 valence electrons. The molecule has 0 aliphatic heterocycles. The van der Waals surface area contributed by atoms with Gasteiger partial charge in [-0.2, -0.15) is 0 Å². The Morgan fingerprint density at radius 2 is 1.86 bits per heavy atom. The van der Waals surface area contributed by atoms with E-state index in [1.54, 1.807) is 24.3 Å². The minimum Gasteiger partial charge on any atom is -0.276 e. The van der Waals surface area contributed by atoms with Crippen LogP contribution in [0.25, 0.3) is 22.2 Å². The summed E-state index contributed by atoms with van der Waals surface area (Å²) in [5, 5.41) is 0.654. The van der Waals surface area contributed by atoms with Crippen molar-refractivity contribution >= 4 is 39.3 Å². The molecule has 0 spiro atoms. The molecular formula is C17H11Cl2NO. The number of carbonyl (C=O) groups is 1. The number of hydrogen-bond acceptors (Lipinski definition) is 2. The number of pyridine rings is 1. The van der Waals surface area contributed by atoms with Gasteiger partial charge in [0.2, 0.25) is 0 Å². The van der Waals surface area contributed by atoms with Crippen LogP contribution in [-0.2, 0) is 0 Å². The number of halogens is 2. The Hall–Kier alpha value is -1.90. The van der Waals surface area contributed by atoms with E-state index < -0.39 is 5.24 Å². The summed E-state index contributed by atoms with van der Waals surface area (Å²) in [5.41, 5.74) is 3.73. The maximum atomic E-state index is 11.7. The standard InChI is InChI=1S/C17H11Cl2NO/c1-10-5-2-3-6-11(10)15-9-13(17(19)21)12-7-4-8-14(18)16(12)20-15/h2-9H,1H3. The highest BCUT2D eigenvalue weighted by molar-refractivity contribution is 6.68. The van der Waals surface area contributed by atoms with Crippen LogP contribution in [0.2, 0.25) is 5.02 Å². The molecule has 0 saturated carbocycles. The first-order chi connectivity index (χ1) is 10.1. The van der Waals surface area contributed by atoms with Crippen LogP contribution in [0.4, 0.5) is 0 Å². The van der Waals surface area contributed by atoms with E-state index in [-0.39, 0.29) is 0 Å². The molecule has 0 saturated heterocycles. The molecule has 0 bridgehead atoms. The van der Waals surface area contributed by atoms with Crippen LogP contribution in [-0.4, -0.2) is 10.2 Å². The highest BCUT2D eigenvalue weighted by Crippen LogP contribution is 2.30. The number of rotatable bonds is 2. The Morgan fingerprint density at radius 3 is 2.57 bits per heavy atom. The molecule has 1 aromatic heterocycles. The lowest BCUT2D eigenvalue weighted by atomic mass is 10.0. The average molecular weight is 316 g/mol. The van der Waals surface area contributed by atoms with E-state index in [4.69, 9.17) is 23.2 Å². The highest BCUT2D eigenvalue weighted by Gasteiger charge is 2.14. The predicted molar refractivity (Wildman–Crippen MR) is 87.1 cm³/mol. The predicted octanol–water partition coefficient (Wildman–Crippen LogP) is 5.24. The molecule has 0 radical (unpaired) electrons. The number of nitrogens with zero attached hydrogens (tertiary/aromatic N) is 1. The van der Waals surface area contributed by atoms with Gasteiger partial charge in [-0.25, -0.2) is 4.98 Å². The number of fused-ring (bicyclic) bond motifs is 1. The molecule has 2 aromatic carbocycles. The molecule has 0 unspecified atom stereocenters. The molecule has 0 fully saturated rings. The molecule has 3 aromatic rings. The van der Waals surface area contributed by atoms with Crippen molar-refractivity contribution in [2.75, 3.05) is 0 Å². The van der Waals surface area contributed by atoms with Gasteiger partial charge in [-0.05, 0) is 36.2 Å². The summed E-state index contributed by atoms with van der Waals surface area (Å²) in [6.07, 6.45) is 0. The van der Waals surface area contributed by atoms with E-state index in [1.807, 2.05) is 31.2 Å². The van der Waals surface area contributed by atoms with Crippen molar-refractivity contribution in [1.29, 1.82) is 0 Å². The maximum Gasteiger partial charge on any atom is 0.253 e. The number of hydrogen-bond donors (Lipinski definition) is 0. The van der Waals surface area contributed by atoms with Gasteiger partial charge >= 0.3 is 0 Å². The van der Waals surface area contributed by atoms with E-state index in [1.165, 1.54) is 0 Å². The molecule has 0 aliphatic rings. The van der Waals surface area contributed by atoms with E-state index in [9.17, 15) is 4.79 Å². The first kappa shape index (κ1) is 14.1. The normalized spacial score (nSPS) is 10.8. The third-order valence-electron chi connectivity index (χ3n) is 3.42. The molecule has 0 aliphatic carbocycles. The summed E-state index contributed by atoms with van der Waals surface area (Å²) < 4.78 is 0. The lowest BCUT2D eigenvalue weighted by Crippen LogP contribution is -1.97. The van der Waals surface area contributed by atoms with Crippen LogP contribution in [0.3, 0.4) is 0 Å². The number of aryl methyl sites for hydroxylation is 1. The number of para-hydroxylation sites is 1. The van der Waals surface area contributed by atoms with Crippen molar-refractivity contribution in [3.63, 3.8) is 0 Å².